The topological polar surface area (TPSA) is 59.8 Å². The number of hydrogen-bond acceptors (Lipinski definition) is 4. The number of rotatable bonds is 2. The Morgan fingerprint density at radius 2 is 2.38 bits per heavy atom. The third-order valence-corrected chi connectivity index (χ3v) is 3.44. The first-order valence-electron chi connectivity index (χ1n) is 4.49. The van der Waals surface area contributed by atoms with Gasteiger partial charge in [-0.1, -0.05) is 11.3 Å². The summed E-state index contributed by atoms with van der Waals surface area (Å²) in [7, 11) is 1.80. The zero-order valence-electron chi connectivity index (χ0n) is 8.69. The van der Waals surface area contributed by atoms with E-state index >= 15 is 0 Å². The maximum atomic E-state index is 11.8. The highest BCUT2D eigenvalue weighted by atomic mass is 79.9. The maximum absolute atomic E-state index is 11.8. The molecular weight excluding hydrogens is 292 g/mol. The van der Waals surface area contributed by atoms with E-state index in [4.69, 9.17) is 0 Å². The van der Waals surface area contributed by atoms with Crippen LogP contribution in [-0.4, -0.2) is 20.7 Å². The average Bonchev–Trinajstić information content (AvgIpc) is 2.75. The fourth-order valence-corrected chi connectivity index (χ4v) is 2.25. The molecule has 0 aromatic carbocycles. The molecule has 0 atom stereocenters. The van der Waals surface area contributed by atoms with Gasteiger partial charge in [-0.15, -0.1) is 0 Å². The fourth-order valence-electron chi connectivity index (χ4n) is 1.14. The van der Waals surface area contributed by atoms with Crippen LogP contribution in [0, 0.1) is 6.92 Å². The monoisotopic (exact) mass is 300 g/mol. The lowest BCUT2D eigenvalue weighted by atomic mass is 10.3. The van der Waals surface area contributed by atoms with Gasteiger partial charge in [0.25, 0.3) is 5.91 Å². The van der Waals surface area contributed by atoms with Gasteiger partial charge in [-0.3, -0.25) is 14.8 Å². The summed E-state index contributed by atoms with van der Waals surface area (Å²) in [5.74, 6) is -0.245. The lowest BCUT2D eigenvalue weighted by Crippen LogP contribution is -2.12. The number of halogens is 1. The summed E-state index contributed by atoms with van der Waals surface area (Å²) >= 11 is 4.64. The summed E-state index contributed by atoms with van der Waals surface area (Å²) in [6.07, 6.45) is 1.64. The van der Waals surface area contributed by atoms with Crippen molar-refractivity contribution in [2.45, 2.75) is 6.92 Å². The Morgan fingerprint density at radius 3 is 2.88 bits per heavy atom. The zero-order valence-corrected chi connectivity index (χ0v) is 11.1. The molecule has 2 aromatic rings. The predicted octanol–water partition coefficient (Wildman–Crippen LogP) is 2.20. The van der Waals surface area contributed by atoms with Crippen LogP contribution in [0.25, 0.3) is 0 Å². The summed E-state index contributed by atoms with van der Waals surface area (Å²) < 4.78 is 2.53. The number of aryl methyl sites for hydroxylation is 2. The second kappa shape index (κ2) is 4.34. The first kappa shape index (κ1) is 11.3. The van der Waals surface area contributed by atoms with Crippen molar-refractivity contribution in [3.05, 3.63) is 27.4 Å². The predicted molar refractivity (Wildman–Crippen MR) is 65.7 cm³/mol. The van der Waals surface area contributed by atoms with Crippen molar-refractivity contribution in [1.82, 2.24) is 14.8 Å². The number of hydrogen-bond donors (Lipinski definition) is 1. The zero-order chi connectivity index (χ0) is 11.7. The summed E-state index contributed by atoms with van der Waals surface area (Å²) in [4.78, 5) is 15.8. The Bertz CT molecular complexity index is 514. The van der Waals surface area contributed by atoms with Gasteiger partial charge in [-0.05, 0) is 28.9 Å². The number of anilines is 1. The SMILES string of the molecule is Cc1cc(C(=O)Nc2ncc(Br)s2)nn1C. The first-order valence-corrected chi connectivity index (χ1v) is 6.10. The van der Waals surface area contributed by atoms with E-state index in [1.165, 1.54) is 11.3 Å². The van der Waals surface area contributed by atoms with Gasteiger partial charge in [0, 0.05) is 12.7 Å². The van der Waals surface area contributed by atoms with Crippen LogP contribution in [0.1, 0.15) is 16.2 Å². The third kappa shape index (κ3) is 2.30. The fraction of sp³-hybridized carbons (Fsp3) is 0.222. The minimum atomic E-state index is -0.245. The molecule has 16 heavy (non-hydrogen) atoms. The van der Waals surface area contributed by atoms with E-state index in [0.29, 0.717) is 10.8 Å². The number of thiazole rings is 1. The second-order valence-electron chi connectivity index (χ2n) is 3.22. The molecule has 0 bridgehead atoms. The largest absolute Gasteiger partial charge is 0.296 e. The Hall–Kier alpha value is -1.21. The van der Waals surface area contributed by atoms with Crippen LogP contribution < -0.4 is 5.32 Å². The maximum Gasteiger partial charge on any atom is 0.277 e. The highest BCUT2D eigenvalue weighted by molar-refractivity contribution is 9.11. The van der Waals surface area contributed by atoms with Crippen molar-refractivity contribution >= 4 is 38.3 Å². The van der Waals surface area contributed by atoms with E-state index in [1.807, 2.05) is 6.92 Å². The van der Waals surface area contributed by atoms with Crippen LogP contribution >= 0.6 is 27.3 Å². The summed E-state index contributed by atoms with van der Waals surface area (Å²) in [5, 5.41) is 7.32. The number of nitrogens with one attached hydrogen (secondary N) is 1. The highest BCUT2D eigenvalue weighted by Crippen LogP contribution is 2.23. The Balaban J connectivity index is 2.14. The molecule has 0 unspecified atom stereocenters. The van der Waals surface area contributed by atoms with E-state index in [-0.39, 0.29) is 5.91 Å². The average molecular weight is 301 g/mol. The van der Waals surface area contributed by atoms with E-state index in [1.54, 1.807) is 24.0 Å². The third-order valence-electron chi connectivity index (χ3n) is 2.04. The summed E-state index contributed by atoms with van der Waals surface area (Å²) in [6.45, 7) is 1.89. The smallest absolute Gasteiger partial charge is 0.277 e. The van der Waals surface area contributed by atoms with Crippen LogP contribution in [0.2, 0.25) is 0 Å². The van der Waals surface area contributed by atoms with Gasteiger partial charge >= 0.3 is 0 Å². The molecule has 0 aliphatic rings. The molecule has 1 N–H and O–H groups in total. The van der Waals surface area contributed by atoms with Crippen molar-refractivity contribution in [1.29, 1.82) is 0 Å². The first-order chi connectivity index (χ1) is 7.56. The summed E-state index contributed by atoms with van der Waals surface area (Å²) in [6, 6.07) is 1.73. The molecule has 0 saturated carbocycles. The molecule has 2 heterocycles. The highest BCUT2D eigenvalue weighted by Gasteiger charge is 2.12. The van der Waals surface area contributed by atoms with Crippen molar-refractivity contribution < 1.29 is 4.79 Å². The molecule has 0 saturated heterocycles. The van der Waals surface area contributed by atoms with Gasteiger partial charge in [-0.25, -0.2) is 4.98 Å². The van der Waals surface area contributed by atoms with Gasteiger partial charge < -0.3 is 0 Å². The van der Waals surface area contributed by atoms with Gasteiger partial charge in [0.2, 0.25) is 0 Å². The number of carbonyl (C=O) groups is 1. The van der Waals surface area contributed by atoms with Gasteiger partial charge in [-0.2, -0.15) is 5.10 Å². The summed E-state index contributed by atoms with van der Waals surface area (Å²) in [5.41, 5.74) is 1.33. The van der Waals surface area contributed by atoms with Crippen molar-refractivity contribution in [3.8, 4) is 0 Å². The lowest BCUT2D eigenvalue weighted by Gasteiger charge is -1.96. The van der Waals surface area contributed by atoms with Crippen LogP contribution in [-0.2, 0) is 7.05 Å². The van der Waals surface area contributed by atoms with Gasteiger partial charge in [0.05, 0.1) is 9.98 Å². The second-order valence-corrected chi connectivity index (χ2v) is 5.63. The van der Waals surface area contributed by atoms with Crippen LogP contribution in [0.4, 0.5) is 5.13 Å². The van der Waals surface area contributed by atoms with Crippen LogP contribution in [0.15, 0.2) is 16.0 Å². The molecule has 1 amide bonds. The van der Waals surface area contributed by atoms with E-state index < -0.39 is 0 Å². The number of nitrogens with zero attached hydrogens (tertiary/aromatic N) is 3. The molecule has 0 aliphatic heterocycles. The van der Waals surface area contributed by atoms with Crippen molar-refractivity contribution in [2.75, 3.05) is 5.32 Å². The van der Waals surface area contributed by atoms with E-state index in [0.717, 1.165) is 9.48 Å². The molecule has 7 heteroatoms. The Morgan fingerprint density at radius 1 is 1.62 bits per heavy atom. The molecule has 0 fully saturated rings. The molecule has 84 valence electrons. The molecule has 2 aromatic heterocycles. The Kier molecular flexibility index (Phi) is 3.06. The number of carbonyl (C=O) groups excluding carboxylic acids is 1. The molecule has 5 nitrogen and oxygen atoms in total. The normalized spacial score (nSPS) is 10.4. The molecular formula is C9H9BrN4OS. The number of amides is 1. The van der Waals surface area contributed by atoms with Crippen LogP contribution in [0.3, 0.4) is 0 Å². The molecule has 0 aliphatic carbocycles. The van der Waals surface area contributed by atoms with E-state index in [2.05, 4.69) is 31.3 Å². The molecule has 0 spiro atoms. The van der Waals surface area contributed by atoms with Crippen molar-refractivity contribution in [3.63, 3.8) is 0 Å². The van der Waals surface area contributed by atoms with Crippen LogP contribution in [0.5, 0.6) is 0 Å². The molecule has 0 radical (unpaired) electrons. The Labute approximate surface area is 105 Å². The minimum Gasteiger partial charge on any atom is -0.296 e. The number of aromatic nitrogens is 3. The van der Waals surface area contributed by atoms with Gasteiger partial charge in [0.15, 0.2) is 10.8 Å². The standard InChI is InChI=1S/C9H9BrN4OS/c1-5-3-6(13-14(5)2)8(15)12-9-11-4-7(10)16-9/h3-4H,1-2H3,(H,11,12,15). The lowest BCUT2D eigenvalue weighted by molar-refractivity contribution is 0.102. The quantitative estimate of drug-likeness (QED) is 0.925. The molecule has 2 rings (SSSR count). The van der Waals surface area contributed by atoms with E-state index in [9.17, 15) is 4.79 Å². The van der Waals surface area contributed by atoms with Gasteiger partial charge in [0.1, 0.15) is 0 Å². The minimum absolute atomic E-state index is 0.245. The van der Waals surface area contributed by atoms with Crippen molar-refractivity contribution in [2.24, 2.45) is 7.05 Å².